The van der Waals surface area contributed by atoms with E-state index in [1.807, 2.05) is 37.3 Å². The highest BCUT2D eigenvalue weighted by molar-refractivity contribution is 6.03. The first-order valence-electron chi connectivity index (χ1n) is 7.42. The van der Waals surface area contributed by atoms with Crippen LogP contribution in [0.25, 0.3) is 10.9 Å². The first-order valence-corrected chi connectivity index (χ1v) is 7.42. The van der Waals surface area contributed by atoms with Gasteiger partial charge in [-0.2, -0.15) is 0 Å². The van der Waals surface area contributed by atoms with Crippen LogP contribution in [0.4, 0.5) is 5.69 Å². The number of anilines is 1. The molecular formula is C17H21N3O. The van der Waals surface area contributed by atoms with Gasteiger partial charge in [0, 0.05) is 17.6 Å². The van der Waals surface area contributed by atoms with E-state index in [1.54, 1.807) is 0 Å². The SMILES string of the molecule is Cc1cc(NC(=O)C2(CN)CC(C)C2)c2ccccc2n1. The Morgan fingerprint density at radius 3 is 2.81 bits per heavy atom. The molecular weight excluding hydrogens is 262 g/mol. The minimum atomic E-state index is -0.391. The summed E-state index contributed by atoms with van der Waals surface area (Å²) in [5, 5.41) is 4.05. The second-order valence-corrected chi connectivity index (χ2v) is 6.28. The molecule has 3 rings (SSSR count). The summed E-state index contributed by atoms with van der Waals surface area (Å²) in [4.78, 5) is 17.1. The average Bonchev–Trinajstić information content (AvgIpc) is 2.43. The molecule has 1 aromatic heterocycles. The molecule has 0 spiro atoms. The molecule has 0 aliphatic heterocycles. The van der Waals surface area contributed by atoms with Crippen LogP contribution in [0.2, 0.25) is 0 Å². The molecule has 0 bridgehead atoms. The molecule has 1 amide bonds. The second kappa shape index (κ2) is 5.11. The number of hydrogen-bond donors (Lipinski definition) is 2. The van der Waals surface area contributed by atoms with Crippen molar-refractivity contribution in [3.05, 3.63) is 36.0 Å². The number of rotatable bonds is 3. The van der Waals surface area contributed by atoms with Crippen LogP contribution in [0.5, 0.6) is 0 Å². The fraction of sp³-hybridized carbons (Fsp3) is 0.412. The van der Waals surface area contributed by atoms with Crippen molar-refractivity contribution in [1.29, 1.82) is 0 Å². The molecule has 0 radical (unpaired) electrons. The fourth-order valence-corrected chi connectivity index (χ4v) is 3.39. The van der Waals surface area contributed by atoms with Crippen molar-refractivity contribution in [3.8, 4) is 0 Å². The summed E-state index contributed by atoms with van der Waals surface area (Å²) in [6.07, 6.45) is 1.74. The van der Waals surface area contributed by atoms with Gasteiger partial charge in [-0.15, -0.1) is 0 Å². The van der Waals surface area contributed by atoms with Crippen LogP contribution >= 0.6 is 0 Å². The number of nitrogens with one attached hydrogen (secondary N) is 1. The number of fused-ring (bicyclic) bond motifs is 1. The minimum Gasteiger partial charge on any atom is -0.329 e. The van der Waals surface area contributed by atoms with Crippen molar-refractivity contribution < 1.29 is 4.79 Å². The number of para-hydroxylation sites is 1. The van der Waals surface area contributed by atoms with Crippen molar-refractivity contribution >= 4 is 22.5 Å². The molecule has 21 heavy (non-hydrogen) atoms. The van der Waals surface area contributed by atoms with E-state index in [4.69, 9.17) is 5.73 Å². The Labute approximate surface area is 124 Å². The molecule has 110 valence electrons. The first kappa shape index (κ1) is 14.0. The maximum atomic E-state index is 12.6. The number of aromatic nitrogens is 1. The second-order valence-electron chi connectivity index (χ2n) is 6.28. The Bertz CT molecular complexity index is 689. The third-order valence-electron chi connectivity index (χ3n) is 4.44. The van der Waals surface area contributed by atoms with Crippen molar-refractivity contribution in [2.75, 3.05) is 11.9 Å². The van der Waals surface area contributed by atoms with E-state index in [0.717, 1.165) is 35.1 Å². The molecule has 3 N–H and O–H groups in total. The number of carbonyl (C=O) groups excluding carboxylic acids is 1. The number of benzene rings is 1. The molecule has 4 heteroatoms. The largest absolute Gasteiger partial charge is 0.329 e. The normalized spacial score (nSPS) is 24.6. The van der Waals surface area contributed by atoms with Crippen molar-refractivity contribution in [1.82, 2.24) is 4.98 Å². The maximum Gasteiger partial charge on any atom is 0.231 e. The highest BCUT2D eigenvalue weighted by atomic mass is 16.2. The zero-order valence-corrected chi connectivity index (χ0v) is 12.5. The Morgan fingerprint density at radius 1 is 1.43 bits per heavy atom. The highest BCUT2D eigenvalue weighted by Gasteiger charge is 2.47. The van der Waals surface area contributed by atoms with Gasteiger partial charge < -0.3 is 11.1 Å². The summed E-state index contributed by atoms with van der Waals surface area (Å²) in [6.45, 7) is 4.50. The number of hydrogen-bond acceptors (Lipinski definition) is 3. The van der Waals surface area contributed by atoms with Gasteiger partial charge >= 0.3 is 0 Å². The molecule has 1 saturated carbocycles. The Hall–Kier alpha value is -1.94. The van der Waals surface area contributed by atoms with Crippen LogP contribution in [0, 0.1) is 18.3 Å². The average molecular weight is 283 g/mol. The van der Waals surface area contributed by atoms with E-state index in [1.165, 1.54) is 0 Å². The summed E-state index contributed by atoms with van der Waals surface area (Å²) < 4.78 is 0. The molecule has 1 aliphatic rings. The highest BCUT2D eigenvalue weighted by Crippen LogP contribution is 2.45. The predicted octanol–water partition coefficient (Wildman–Crippen LogP) is 2.86. The summed E-state index contributed by atoms with van der Waals surface area (Å²) in [6, 6.07) is 9.78. The summed E-state index contributed by atoms with van der Waals surface area (Å²) >= 11 is 0. The van der Waals surface area contributed by atoms with Crippen LogP contribution in [-0.4, -0.2) is 17.4 Å². The number of amides is 1. The topological polar surface area (TPSA) is 68.0 Å². The smallest absolute Gasteiger partial charge is 0.231 e. The van der Waals surface area contributed by atoms with Crippen LogP contribution in [0.15, 0.2) is 30.3 Å². The van der Waals surface area contributed by atoms with Crippen molar-refractivity contribution in [2.24, 2.45) is 17.1 Å². The molecule has 0 saturated heterocycles. The molecule has 1 aliphatic carbocycles. The predicted molar refractivity (Wildman–Crippen MR) is 85.0 cm³/mol. The van der Waals surface area contributed by atoms with Crippen LogP contribution in [0.3, 0.4) is 0 Å². The van der Waals surface area contributed by atoms with E-state index in [2.05, 4.69) is 17.2 Å². The maximum absolute atomic E-state index is 12.6. The number of carbonyl (C=O) groups is 1. The standard InChI is InChI=1S/C17H21N3O/c1-11-8-17(9-11,10-18)16(21)20-15-7-12(2)19-14-6-4-3-5-13(14)15/h3-7,11H,8-10,18H2,1-2H3,(H,19,20,21). The number of nitrogens with zero attached hydrogens (tertiary/aromatic N) is 1. The van der Waals surface area contributed by atoms with Crippen molar-refractivity contribution in [3.63, 3.8) is 0 Å². The van der Waals surface area contributed by atoms with Gasteiger partial charge in [0.2, 0.25) is 5.91 Å². The molecule has 1 aromatic carbocycles. The van der Waals surface area contributed by atoms with E-state index in [-0.39, 0.29) is 5.91 Å². The minimum absolute atomic E-state index is 0.0406. The Balaban J connectivity index is 1.93. The van der Waals surface area contributed by atoms with E-state index >= 15 is 0 Å². The van der Waals surface area contributed by atoms with Crippen LogP contribution in [-0.2, 0) is 4.79 Å². The molecule has 2 aromatic rings. The monoisotopic (exact) mass is 283 g/mol. The molecule has 1 heterocycles. The van der Waals surface area contributed by atoms with Crippen molar-refractivity contribution in [2.45, 2.75) is 26.7 Å². The van der Waals surface area contributed by atoms with E-state index < -0.39 is 5.41 Å². The summed E-state index contributed by atoms with van der Waals surface area (Å²) in [7, 11) is 0. The van der Waals surface area contributed by atoms with Gasteiger partial charge in [0.15, 0.2) is 0 Å². The van der Waals surface area contributed by atoms with Gasteiger partial charge in [-0.05, 0) is 37.8 Å². The third kappa shape index (κ3) is 2.40. The lowest BCUT2D eigenvalue weighted by Crippen LogP contribution is -2.51. The molecule has 0 atom stereocenters. The molecule has 0 unspecified atom stereocenters. The van der Waals surface area contributed by atoms with E-state index in [9.17, 15) is 4.79 Å². The van der Waals surface area contributed by atoms with Gasteiger partial charge in [0.25, 0.3) is 0 Å². The lowest BCUT2D eigenvalue weighted by molar-refractivity contribution is -0.132. The zero-order chi connectivity index (χ0) is 15.0. The number of pyridine rings is 1. The molecule has 4 nitrogen and oxygen atoms in total. The Kier molecular flexibility index (Phi) is 3.41. The molecule has 1 fully saturated rings. The Morgan fingerprint density at radius 2 is 2.14 bits per heavy atom. The number of aryl methyl sites for hydroxylation is 1. The lowest BCUT2D eigenvalue weighted by atomic mass is 9.62. The summed E-state index contributed by atoms with van der Waals surface area (Å²) in [5.74, 6) is 0.620. The summed E-state index contributed by atoms with van der Waals surface area (Å²) in [5.41, 5.74) is 8.09. The van der Waals surface area contributed by atoms with E-state index in [0.29, 0.717) is 12.5 Å². The first-order chi connectivity index (χ1) is 10.0. The van der Waals surface area contributed by atoms with Crippen LogP contribution < -0.4 is 11.1 Å². The number of nitrogens with two attached hydrogens (primary N) is 1. The van der Waals surface area contributed by atoms with Crippen LogP contribution in [0.1, 0.15) is 25.5 Å². The quantitative estimate of drug-likeness (QED) is 0.910. The van der Waals surface area contributed by atoms with Gasteiger partial charge in [-0.3, -0.25) is 9.78 Å². The van der Waals surface area contributed by atoms with Gasteiger partial charge in [-0.25, -0.2) is 0 Å². The zero-order valence-electron chi connectivity index (χ0n) is 12.5. The lowest BCUT2D eigenvalue weighted by Gasteiger charge is -2.44. The van der Waals surface area contributed by atoms with Gasteiger partial charge in [-0.1, -0.05) is 25.1 Å². The fourth-order valence-electron chi connectivity index (χ4n) is 3.39. The van der Waals surface area contributed by atoms with Gasteiger partial charge in [0.1, 0.15) is 0 Å². The van der Waals surface area contributed by atoms with Gasteiger partial charge in [0.05, 0.1) is 16.6 Å². The third-order valence-corrected chi connectivity index (χ3v) is 4.44.